The second kappa shape index (κ2) is 7.25. The fraction of sp³-hybridized carbons (Fsp3) is 0.235. The summed E-state index contributed by atoms with van der Waals surface area (Å²) in [4.78, 5) is 13.8. The highest BCUT2D eigenvalue weighted by molar-refractivity contribution is 5.96. The largest absolute Gasteiger partial charge is 0.573 e. The molecule has 0 atom stereocenters. The maximum absolute atomic E-state index is 12.5. The Labute approximate surface area is 137 Å². The monoisotopic (exact) mass is 339 g/mol. The summed E-state index contributed by atoms with van der Waals surface area (Å²) in [6.45, 7) is -0.0386. The maximum Gasteiger partial charge on any atom is 0.573 e. The van der Waals surface area contributed by atoms with E-state index in [9.17, 15) is 18.0 Å². The Balaban J connectivity index is 2.21. The lowest BCUT2D eigenvalue weighted by atomic mass is 10.1. The van der Waals surface area contributed by atoms with Gasteiger partial charge in [-0.1, -0.05) is 30.3 Å². The van der Waals surface area contributed by atoms with Crippen LogP contribution >= 0.6 is 0 Å². The van der Waals surface area contributed by atoms with E-state index >= 15 is 0 Å². The number of carbonyl (C=O) groups is 1. The van der Waals surface area contributed by atoms with E-state index in [1.54, 1.807) is 30.3 Å². The predicted molar refractivity (Wildman–Crippen MR) is 81.9 cm³/mol. The molecule has 4 nitrogen and oxygen atoms in total. The maximum atomic E-state index is 12.5. The summed E-state index contributed by atoms with van der Waals surface area (Å²) in [6, 6.07) is 12.4. The SMILES string of the molecule is COc1ccccc1C(=O)N(C)Cc1ccccc1OC(F)(F)F. The van der Waals surface area contributed by atoms with Crippen molar-refractivity contribution >= 4 is 5.91 Å². The lowest BCUT2D eigenvalue weighted by molar-refractivity contribution is -0.274. The molecule has 2 aromatic carbocycles. The molecule has 0 saturated heterocycles. The lowest BCUT2D eigenvalue weighted by Crippen LogP contribution is -2.27. The molecule has 7 heteroatoms. The number of ether oxygens (including phenoxy) is 2. The molecule has 0 aliphatic rings. The van der Waals surface area contributed by atoms with Gasteiger partial charge in [-0.15, -0.1) is 13.2 Å². The van der Waals surface area contributed by atoms with E-state index in [4.69, 9.17) is 4.74 Å². The van der Waals surface area contributed by atoms with Crippen molar-refractivity contribution in [2.75, 3.05) is 14.2 Å². The number of alkyl halides is 3. The number of hydrogen-bond acceptors (Lipinski definition) is 3. The topological polar surface area (TPSA) is 38.8 Å². The van der Waals surface area contributed by atoms with Gasteiger partial charge in [0, 0.05) is 19.2 Å². The summed E-state index contributed by atoms with van der Waals surface area (Å²) in [5.74, 6) is -0.298. The summed E-state index contributed by atoms with van der Waals surface area (Å²) < 4.78 is 46.5. The van der Waals surface area contributed by atoms with E-state index in [1.165, 1.54) is 37.3 Å². The van der Waals surface area contributed by atoms with Gasteiger partial charge in [-0.2, -0.15) is 0 Å². The van der Waals surface area contributed by atoms with Crippen LogP contribution in [0.1, 0.15) is 15.9 Å². The Hall–Kier alpha value is -2.70. The van der Waals surface area contributed by atoms with E-state index in [0.717, 1.165) is 0 Å². The van der Waals surface area contributed by atoms with Gasteiger partial charge in [-0.3, -0.25) is 4.79 Å². The molecule has 0 saturated carbocycles. The molecule has 0 fully saturated rings. The van der Waals surface area contributed by atoms with Crippen molar-refractivity contribution in [3.05, 3.63) is 59.7 Å². The quantitative estimate of drug-likeness (QED) is 0.830. The zero-order valence-corrected chi connectivity index (χ0v) is 13.1. The Bertz CT molecular complexity index is 716. The van der Waals surface area contributed by atoms with Crippen molar-refractivity contribution in [1.82, 2.24) is 4.90 Å². The Kier molecular flexibility index (Phi) is 5.33. The molecule has 0 radical (unpaired) electrons. The fourth-order valence-corrected chi connectivity index (χ4v) is 2.21. The Morgan fingerprint density at radius 3 is 2.25 bits per heavy atom. The number of para-hydroxylation sites is 2. The average molecular weight is 339 g/mol. The minimum Gasteiger partial charge on any atom is -0.496 e. The molecule has 0 bridgehead atoms. The van der Waals surface area contributed by atoms with Gasteiger partial charge < -0.3 is 14.4 Å². The lowest BCUT2D eigenvalue weighted by Gasteiger charge is -2.20. The molecular formula is C17H16F3NO3. The number of rotatable bonds is 5. The molecule has 0 spiro atoms. The fourth-order valence-electron chi connectivity index (χ4n) is 2.21. The van der Waals surface area contributed by atoms with Crippen LogP contribution in [0.25, 0.3) is 0 Å². The first-order chi connectivity index (χ1) is 11.3. The van der Waals surface area contributed by atoms with Crippen LogP contribution in [0.3, 0.4) is 0 Å². The molecule has 24 heavy (non-hydrogen) atoms. The van der Waals surface area contributed by atoms with Crippen molar-refractivity contribution < 1.29 is 27.4 Å². The third-order valence-corrected chi connectivity index (χ3v) is 3.29. The van der Waals surface area contributed by atoms with E-state index < -0.39 is 6.36 Å². The third-order valence-electron chi connectivity index (χ3n) is 3.29. The van der Waals surface area contributed by atoms with E-state index in [0.29, 0.717) is 11.3 Å². The molecule has 128 valence electrons. The van der Waals surface area contributed by atoms with Gasteiger partial charge in [0.05, 0.1) is 12.7 Å². The Morgan fingerprint density at radius 1 is 1.04 bits per heavy atom. The first-order valence-electron chi connectivity index (χ1n) is 7.04. The second-order valence-electron chi connectivity index (χ2n) is 5.02. The summed E-state index contributed by atoms with van der Waals surface area (Å²) in [5, 5.41) is 0. The molecule has 0 heterocycles. The van der Waals surface area contributed by atoms with Gasteiger partial charge in [0.15, 0.2) is 0 Å². The molecule has 2 aromatic rings. The van der Waals surface area contributed by atoms with Gasteiger partial charge in [-0.05, 0) is 18.2 Å². The summed E-state index contributed by atoms with van der Waals surface area (Å²) in [6.07, 6.45) is -4.79. The number of halogens is 3. The Morgan fingerprint density at radius 2 is 1.62 bits per heavy atom. The summed E-state index contributed by atoms with van der Waals surface area (Å²) in [5.41, 5.74) is 0.581. The van der Waals surface area contributed by atoms with E-state index in [1.807, 2.05) is 0 Å². The van der Waals surface area contributed by atoms with Crippen molar-refractivity contribution in [1.29, 1.82) is 0 Å². The van der Waals surface area contributed by atoms with Gasteiger partial charge in [-0.25, -0.2) is 0 Å². The summed E-state index contributed by atoms with van der Waals surface area (Å²) >= 11 is 0. The molecule has 0 aliphatic heterocycles. The van der Waals surface area contributed by atoms with Crippen molar-refractivity contribution in [3.8, 4) is 11.5 Å². The van der Waals surface area contributed by atoms with Crippen LogP contribution in [0.4, 0.5) is 13.2 Å². The van der Waals surface area contributed by atoms with Crippen LogP contribution in [0.15, 0.2) is 48.5 Å². The van der Waals surface area contributed by atoms with E-state index in [2.05, 4.69) is 4.74 Å². The van der Waals surface area contributed by atoms with Crippen LogP contribution in [0.2, 0.25) is 0 Å². The molecular weight excluding hydrogens is 323 g/mol. The zero-order chi connectivity index (χ0) is 17.7. The molecule has 0 unspecified atom stereocenters. The zero-order valence-electron chi connectivity index (χ0n) is 13.1. The minimum atomic E-state index is -4.79. The highest BCUT2D eigenvalue weighted by Gasteiger charge is 2.32. The van der Waals surface area contributed by atoms with Crippen molar-refractivity contribution in [3.63, 3.8) is 0 Å². The average Bonchev–Trinajstić information content (AvgIpc) is 2.54. The van der Waals surface area contributed by atoms with Gasteiger partial charge in [0.1, 0.15) is 11.5 Å². The van der Waals surface area contributed by atoms with Gasteiger partial charge >= 0.3 is 6.36 Å². The van der Waals surface area contributed by atoms with Crippen molar-refractivity contribution in [2.45, 2.75) is 12.9 Å². The van der Waals surface area contributed by atoms with Crippen molar-refractivity contribution in [2.24, 2.45) is 0 Å². The molecule has 0 aromatic heterocycles. The molecule has 0 N–H and O–H groups in total. The summed E-state index contributed by atoms with van der Waals surface area (Å²) in [7, 11) is 2.94. The van der Waals surface area contributed by atoms with Crippen LogP contribution in [-0.2, 0) is 6.54 Å². The van der Waals surface area contributed by atoms with E-state index in [-0.39, 0.29) is 23.8 Å². The number of nitrogens with zero attached hydrogens (tertiary/aromatic N) is 1. The second-order valence-corrected chi connectivity index (χ2v) is 5.02. The third kappa shape index (κ3) is 4.41. The normalized spacial score (nSPS) is 11.0. The standard InChI is InChI=1S/C17H16F3NO3/c1-21(16(22)13-8-4-6-10-15(13)23-2)11-12-7-3-5-9-14(12)24-17(18,19)20/h3-10H,11H2,1-2H3. The van der Waals surface area contributed by atoms with Gasteiger partial charge in [0.25, 0.3) is 5.91 Å². The van der Waals surface area contributed by atoms with Crippen LogP contribution in [0.5, 0.6) is 11.5 Å². The minimum absolute atomic E-state index is 0.0386. The number of benzene rings is 2. The van der Waals surface area contributed by atoms with Crippen LogP contribution in [0, 0.1) is 0 Å². The number of hydrogen-bond donors (Lipinski definition) is 0. The predicted octanol–water partition coefficient (Wildman–Crippen LogP) is 3.87. The molecule has 2 rings (SSSR count). The first kappa shape index (κ1) is 17.7. The number of amides is 1. The smallest absolute Gasteiger partial charge is 0.496 e. The van der Waals surface area contributed by atoms with Crippen LogP contribution < -0.4 is 9.47 Å². The highest BCUT2D eigenvalue weighted by atomic mass is 19.4. The number of methoxy groups -OCH3 is 1. The molecule has 1 amide bonds. The molecule has 0 aliphatic carbocycles. The van der Waals surface area contributed by atoms with Gasteiger partial charge in [0.2, 0.25) is 0 Å². The number of carbonyl (C=O) groups excluding carboxylic acids is 1. The first-order valence-corrected chi connectivity index (χ1v) is 7.04. The highest BCUT2D eigenvalue weighted by Crippen LogP contribution is 2.27. The van der Waals surface area contributed by atoms with Crippen LogP contribution in [-0.4, -0.2) is 31.3 Å².